The first-order valence-electron chi connectivity index (χ1n) is 15.4. The number of pyridine rings is 1. The van der Waals surface area contributed by atoms with Gasteiger partial charge in [0.1, 0.15) is 5.82 Å². The van der Waals surface area contributed by atoms with Crippen LogP contribution in [0.15, 0.2) is 140 Å². The molecule has 0 spiro atoms. The molecule has 0 radical (unpaired) electrons. The van der Waals surface area contributed by atoms with Crippen molar-refractivity contribution in [1.29, 1.82) is 0 Å². The molecule has 0 amide bonds. The highest BCUT2D eigenvalue weighted by Gasteiger charge is 2.21. The molecule has 2 nitrogen and oxygen atoms in total. The van der Waals surface area contributed by atoms with E-state index < -0.39 is 0 Å². The van der Waals surface area contributed by atoms with Gasteiger partial charge in [0.25, 0.3) is 0 Å². The summed E-state index contributed by atoms with van der Waals surface area (Å²) >= 11 is 1.91. The maximum Gasteiger partial charge on any atom is 0.141 e. The third-order valence-electron chi connectivity index (χ3n) is 9.57. The van der Waals surface area contributed by atoms with E-state index in [1.54, 1.807) is 0 Å². The number of nitrogens with zero attached hydrogens (tertiary/aromatic N) is 2. The van der Waals surface area contributed by atoms with Gasteiger partial charge in [-0.25, -0.2) is 4.98 Å². The van der Waals surface area contributed by atoms with Crippen molar-refractivity contribution in [1.82, 2.24) is 9.55 Å². The molecule has 0 bridgehead atoms. The Morgan fingerprint density at radius 1 is 0.533 bits per heavy atom. The Morgan fingerprint density at radius 2 is 1.20 bits per heavy atom. The zero-order chi connectivity index (χ0) is 29.6. The van der Waals surface area contributed by atoms with Gasteiger partial charge in [0, 0.05) is 42.7 Å². The van der Waals surface area contributed by atoms with Gasteiger partial charge in [-0.1, -0.05) is 97.1 Å². The van der Waals surface area contributed by atoms with Crippen LogP contribution in [0.2, 0.25) is 0 Å². The second kappa shape index (κ2) is 9.25. The predicted octanol–water partition coefficient (Wildman–Crippen LogP) is 12.0. The lowest BCUT2D eigenvalue weighted by Crippen LogP contribution is -2.01. The van der Waals surface area contributed by atoms with Crippen molar-refractivity contribution in [3.63, 3.8) is 0 Å². The molecule has 0 atom stereocenters. The van der Waals surface area contributed by atoms with Gasteiger partial charge in [0.2, 0.25) is 0 Å². The highest BCUT2D eigenvalue weighted by molar-refractivity contribution is 7.27. The molecule has 45 heavy (non-hydrogen) atoms. The van der Waals surface area contributed by atoms with Gasteiger partial charge in [-0.3, -0.25) is 4.57 Å². The van der Waals surface area contributed by atoms with Crippen LogP contribution < -0.4 is 0 Å². The minimum Gasteiger partial charge on any atom is -0.293 e. The summed E-state index contributed by atoms with van der Waals surface area (Å²) in [5, 5.41) is 12.8. The second-order valence-electron chi connectivity index (χ2n) is 12.0. The molecular weight excluding hydrogens is 565 g/mol. The van der Waals surface area contributed by atoms with Crippen molar-refractivity contribution in [2.24, 2.45) is 0 Å². The van der Waals surface area contributed by atoms with Crippen LogP contribution in [0.4, 0.5) is 0 Å². The van der Waals surface area contributed by atoms with Crippen LogP contribution >= 0.6 is 11.3 Å². The minimum absolute atomic E-state index is 0.974. The molecule has 0 saturated carbocycles. The Labute approximate surface area is 263 Å². The maximum absolute atomic E-state index is 5.08. The number of benzene rings is 7. The SMILES string of the molecule is Cc1c(-c2ccc3ccccc3c2)ccnc1-n1c2ccc3ccccc3c2c2c3sc4cc5ccccc5cc4c3ccc21. The predicted molar refractivity (Wildman–Crippen MR) is 194 cm³/mol. The fourth-order valence-corrected chi connectivity index (χ4v) is 8.71. The quantitative estimate of drug-likeness (QED) is 0.196. The van der Waals surface area contributed by atoms with E-state index >= 15 is 0 Å². The Balaban J connectivity index is 1.33. The highest BCUT2D eigenvalue weighted by atomic mass is 32.1. The molecule has 10 aromatic rings. The molecule has 3 heteroatoms. The first-order valence-corrected chi connectivity index (χ1v) is 16.2. The monoisotopic (exact) mass is 590 g/mol. The number of hydrogen-bond donors (Lipinski definition) is 0. The lowest BCUT2D eigenvalue weighted by Gasteiger charge is -2.14. The lowest BCUT2D eigenvalue weighted by atomic mass is 9.98. The van der Waals surface area contributed by atoms with E-state index in [0.717, 1.165) is 5.82 Å². The van der Waals surface area contributed by atoms with E-state index in [2.05, 4.69) is 145 Å². The van der Waals surface area contributed by atoms with Gasteiger partial charge in [0.15, 0.2) is 0 Å². The second-order valence-corrected chi connectivity index (χ2v) is 13.1. The molecule has 3 heterocycles. The number of rotatable bonds is 2. The fourth-order valence-electron chi connectivity index (χ4n) is 7.43. The van der Waals surface area contributed by atoms with Gasteiger partial charge < -0.3 is 0 Å². The molecule has 0 unspecified atom stereocenters. The van der Waals surface area contributed by atoms with E-state index in [4.69, 9.17) is 4.98 Å². The summed E-state index contributed by atoms with van der Waals surface area (Å²) in [7, 11) is 0. The van der Waals surface area contributed by atoms with E-state index in [1.807, 2.05) is 17.5 Å². The molecule has 0 N–H and O–H groups in total. The van der Waals surface area contributed by atoms with Crippen molar-refractivity contribution >= 4 is 85.6 Å². The standard InChI is InChI=1S/C42H26N2S/c1-25-32(31-15-14-26-8-2-3-10-28(26)22-31)20-21-43-42(25)44-36-18-16-27-9-6-7-13-33(27)39(36)40-37(44)19-17-34-35-23-29-11-4-5-12-30(29)24-38(35)45-41(34)40/h2-24H,1H3. The molecule has 0 aliphatic carbocycles. The number of thiophene rings is 1. The van der Waals surface area contributed by atoms with Crippen LogP contribution in [-0.4, -0.2) is 9.55 Å². The van der Waals surface area contributed by atoms with Crippen LogP contribution in [0, 0.1) is 6.92 Å². The van der Waals surface area contributed by atoms with Crippen molar-refractivity contribution < 1.29 is 0 Å². The summed E-state index contributed by atoms with van der Waals surface area (Å²) in [4.78, 5) is 5.08. The fraction of sp³-hybridized carbons (Fsp3) is 0.0238. The molecule has 0 saturated heterocycles. The molecule has 0 aliphatic rings. The Morgan fingerprint density at radius 3 is 2.04 bits per heavy atom. The van der Waals surface area contributed by atoms with Crippen molar-refractivity contribution in [3.05, 3.63) is 145 Å². The van der Waals surface area contributed by atoms with E-state index in [1.165, 1.54) is 91.0 Å². The summed E-state index contributed by atoms with van der Waals surface area (Å²) in [6, 6.07) is 48.8. The van der Waals surface area contributed by atoms with Crippen molar-refractivity contribution in [3.8, 4) is 16.9 Å². The summed E-state index contributed by atoms with van der Waals surface area (Å²) in [6.45, 7) is 2.22. The number of fused-ring (bicyclic) bond motifs is 11. The van der Waals surface area contributed by atoms with Crippen LogP contribution in [0.25, 0.3) is 91.2 Å². The van der Waals surface area contributed by atoms with E-state index in [0.29, 0.717) is 0 Å². The number of hydrogen-bond acceptors (Lipinski definition) is 2. The van der Waals surface area contributed by atoms with Crippen molar-refractivity contribution in [2.45, 2.75) is 6.92 Å². The summed E-state index contributed by atoms with van der Waals surface area (Å²) in [5.41, 5.74) is 5.96. The van der Waals surface area contributed by atoms with Gasteiger partial charge in [0.05, 0.1) is 11.0 Å². The van der Waals surface area contributed by atoms with Gasteiger partial charge in [-0.15, -0.1) is 11.3 Å². The Bertz CT molecular complexity index is 2830. The molecule has 7 aromatic carbocycles. The smallest absolute Gasteiger partial charge is 0.141 e. The molecular formula is C42H26N2S. The third-order valence-corrected chi connectivity index (χ3v) is 10.8. The summed E-state index contributed by atoms with van der Waals surface area (Å²) in [5.74, 6) is 0.974. The van der Waals surface area contributed by atoms with E-state index in [-0.39, 0.29) is 0 Å². The Hall–Kier alpha value is -5.51. The van der Waals surface area contributed by atoms with Gasteiger partial charge in [-0.05, 0) is 86.8 Å². The minimum atomic E-state index is 0.974. The highest BCUT2D eigenvalue weighted by Crippen LogP contribution is 2.46. The normalized spacial score (nSPS) is 12.1. The largest absolute Gasteiger partial charge is 0.293 e. The summed E-state index contributed by atoms with van der Waals surface area (Å²) < 4.78 is 5.06. The van der Waals surface area contributed by atoms with Gasteiger partial charge >= 0.3 is 0 Å². The van der Waals surface area contributed by atoms with Crippen LogP contribution in [0.5, 0.6) is 0 Å². The topological polar surface area (TPSA) is 17.8 Å². The Kier molecular flexibility index (Phi) is 5.11. The number of aromatic nitrogens is 2. The summed E-state index contributed by atoms with van der Waals surface area (Å²) in [6.07, 6.45) is 1.97. The zero-order valence-electron chi connectivity index (χ0n) is 24.6. The van der Waals surface area contributed by atoms with Crippen molar-refractivity contribution in [2.75, 3.05) is 0 Å². The molecule has 0 aliphatic heterocycles. The van der Waals surface area contributed by atoms with Crippen LogP contribution in [-0.2, 0) is 0 Å². The maximum atomic E-state index is 5.08. The third kappa shape index (κ3) is 3.53. The van der Waals surface area contributed by atoms with Crippen LogP contribution in [0.3, 0.4) is 0 Å². The molecule has 10 rings (SSSR count). The molecule has 3 aromatic heterocycles. The zero-order valence-corrected chi connectivity index (χ0v) is 25.4. The average molecular weight is 591 g/mol. The lowest BCUT2D eigenvalue weighted by molar-refractivity contribution is 1.06. The first kappa shape index (κ1) is 24.9. The first-order chi connectivity index (χ1) is 22.2. The molecule has 0 fully saturated rings. The molecule has 210 valence electrons. The average Bonchev–Trinajstić information content (AvgIpc) is 3.62. The van der Waals surface area contributed by atoms with Crippen LogP contribution in [0.1, 0.15) is 5.56 Å². The van der Waals surface area contributed by atoms with Gasteiger partial charge in [-0.2, -0.15) is 0 Å². The van der Waals surface area contributed by atoms with E-state index in [9.17, 15) is 0 Å².